The van der Waals surface area contributed by atoms with Crippen molar-refractivity contribution in [1.29, 1.82) is 0 Å². The maximum atomic E-state index is 13.5. The minimum atomic E-state index is -0.492. The first kappa shape index (κ1) is 15.0. The van der Waals surface area contributed by atoms with Gasteiger partial charge in [-0.2, -0.15) is 0 Å². The molecule has 0 aliphatic carbocycles. The second-order valence-electron chi connectivity index (χ2n) is 5.41. The number of piperidine rings is 1. The first-order valence-electron chi connectivity index (χ1n) is 6.17. The van der Waals surface area contributed by atoms with Gasteiger partial charge in [0, 0.05) is 20.2 Å². The highest BCUT2D eigenvalue weighted by Crippen LogP contribution is 2.22. The third-order valence-corrected chi connectivity index (χ3v) is 2.67. The topological polar surface area (TPSA) is 38.8 Å². The fourth-order valence-corrected chi connectivity index (χ4v) is 1.79. The lowest BCUT2D eigenvalue weighted by atomic mass is 10.0. The third-order valence-electron chi connectivity index (χ3n) is 2.67. The van der Waals surface area contributed by atoms with Gasteiger partial charge in [-0.05, 0) is 39.2 Å². The Hall–Kier alpha value is -1.10. The van der Waals surface area contributed by atoms with Crippen molar-refractivity contribution >= 4 is 6.09 Å². The predicted molar refractivity (Wildman–Crippen MR) is 67.1 cm³/mol. The third kappa shape index (κ3) is 4.64. The van der Waals surface area contributed by atoms with Crippen molar-refractivity contribution in [2.24, 2.45) is 0 Å². The van der Waals surface area contributed by atoms with Gasteiger partial charge in [0.05, 0.1) is 6.61 Å². The van der Waals surface area contributed by atoms with E-state index in [-0.39, 0.29) is 18.5 Å². The summed E-state index contributed by atoms with van der Waals surface area (Å²) in [6.45, 7) is 6.51. The van der Waals surface area contributed by atoms with Crippen molar-refractivity contribution in [3.05, 3.63) is 11.4 Å². The fourth-order valence-electron chi connectivity index (χ4n) is 1.79. The van der Waals surface area contributed by atoms with Gasteiger partial charge in [0.25, 0.3) is 0 Å². The number of ether oxygens (including phenoxy) is 2. The van der Waals surface area contributed by atoms with E-state index in [9.17, 15) is 9.18 Å². The van der Waals surface area contributed by atoms with Gasteiger partial charge in [0.2, 0.25) is 0 Å². The number of rotatable bonds is 2. The van der Waals surface area contributed by atoms with E-state index in [0.717, 1.165) is 5.57 Å². The van der Waals surface area contributed by atoms with E-state index in [1.807, 2.05) is 20.8 Å². The minimum Gasteiger partial charge on any atom is -0.444 e. The maximum absolute atomic E-state index is 13.5. The number of hydrogen-bond acceptors (Lipinski definition) is 3. The largest absolute Gasteiger partial charge is 0.444 e. The van der Waals surface area contributed by atoms with E-state index in [1.165, 1.54) is 7.11 Å². The van der Waals surface area contributed by atoms with E-state index in [1.54, 1.807) is 4.90 Å². The van der Waals surface area contributed by atoms with Crippen LogP contribution >= 0.6 is 0 Å². The van der Waals surface area contributed by atoms with Crippen LogP contribution < -0.4 is 0 Å². The maximum Gasteiger partial charge on any atom is 0.410 e. The quantitative estimate of drug-likeness (QED) is 0.765. The van der Waals surface area contributed by atoms with Gasteiger partial charge >= 0.3 is 6.09 Å². The number of nitrogens with zero attached hydrogens (tertiary/aromatic N) is 1. The van der Waals surface area contributed by atoms with Crippen LogP contribution in [-0.4, -0.2) is 43.4 Å². The lowest BCUT2D eigenvalue weighted by molar-refractivity contribution is 0.0234. The Balaban J connectivity index is 2.49. The number of likely N-dealkylation sites (tertiary alicyclic amines) is 1. The molecule has 1 aliphatic rings. The highest BCUT2D eigenvalue weighted by atomic mass is 19.1. The van der Waals surface area contributed by atoms with Crippen LogP contribution in [0, 0.1) is 0 Å². The normalized spacial score (nSPS) is 16.7. The van der Waals surface area contributed by atoms with Gasteiger partial charge in [0.1, 0.15) is 11.4 Å². The van der Waals surface area contributed by atoms with Gasteiger partial charge < -0.3 is 14.4 Å². The number of halogens is 1. The van der Waals surface area contributed by atoms with Gasteiger partial charge in [-0.15, -0.1) is 0 Å². The second kappa shape index (κ2) is 6.18. The van der Waals surface area contributed by atoms with Crippen LogP contribution in [-0.2, 0) is 9.47 Å². The van der Waals surface area contributed by atoms with E-state index >= 15 is 0 Å². The molecule has 0 spiro atoms. The van der Waals surface area contributed by atoms with Crippen molar-refractivity contribution in [1.82, 2.24) is 4.90 Å². The summed E-state index contributed by atoms with van der Waals surface area (Å²) in [5.74, 6) is -0.207. The molecule has 0 saturated carbocycles. The summed E-state index contributed by atoms with van der Waals surface area (Å²) < 4.78 is 23.5. The molecule has 1 saturated heterocycles. The smallest absolute Gasteiger partial charge is 0.410 e. The Morgan fingerprint density at radius 1 is 1.33 bits per heavy atom. The molecule has 18 heavy (non-hydrogen) atoms. The Morgan fingerprint density at radius 2 is 1.89 bits per heavy atom. The second-order valence-corrected chi connectivity index (χ2v) is 5.41. The van der Waals surface area contributed by atoms with E-state index in [4.69, 9.17) is 9.47 Å². The van der Waals surface area contributed by atoms with Crippen LogP contribution in [0.25, 0.3) is 0 Å². The van der Waals surface area contributed by atoms with Gasteiger partial charge in [0.15, 0.2) is 0 Å². The summed E-state index contributed by atoms with van der Waals surface area (Å²) >= 11 is 0. The number of methoxy groups -OCH3 is 1. The number of hydrogen-bond donors (Lipinski definition) is 0. The first-order valence-corrected chi connectivity index (χ1v) is 6.17. The molecule has 1 amide bonds. The molecule has 0 aromatic rings. The molecule has 0 N–H and O–H groups in total. The zero-order valence-corrected chi connectivity index (χ0v) is 11.6. The molecule has 104 valence electrons. The molecule has 0 radical (unpaired) electrons. The first-order chi connectivity index (χ1) is 8.33. The molecule has 0 atom stereocenters. The SMILES string of the molecule is COCC(F)=C1CCN(C(=O)OC(C)(C)C)CC1. The Morgan fingerprint density at radius 3 is 2.33 bits per heavy atom. The standard InChI is InChI=1S/C13H22FNO3/c1-13(2,3)18-12(16)15-7-5-10(6-8-15)11(14)9-17-4/h5-9H2,1-4H3. The van der Waals surface area contributed by atoms with Crippen molar-refractivity contribution in [3.63, 3.8) is 0 Å². The molecule has 1 heterocycles. The lowest BCUT2D eigenvalue weighted by Crippen LogP contribution is -2.40. The van der Waals surface area contributed by atoms with E-state index in [0.29, 0.717) is 25.9 Å². The van der Waals surface area contributed by atoms with Crippen molar-refractivity contribution < 1.29 is 18.7 Å². The summed E-state index contributed by atoms with van der Waals surface area (Å²) in [6, 6.07) is 0. The van der Waals surface area contributed by atoms with Crippen LogP contribution in [0.4, 0.5) is 9.18 Å². The molecule has 1 rings (SSSR count). The van der Waals surface area contributed by atoms with Crippen LogP contribution in [0.2, 0.25) is 0 Å². The number of carbonyl (C=O) groups excluding carboxylic acids is 1. The number of amides is 1. The summed E-state index contributed by atoms with van der Waals surface area (Å²) in [5, 5.41) is 0. The minimum absolute atomic E-state index is 0.0156. The fraction of sp³-hybridized carbons (Fsp3) is 0.769. The summed E-state index contributed by atoms with van der Waals surface area (Å²) in [6.07, 6.45) is 0.775. The van der Waals surface area contributed by atoms with E-state index < -0.39 is 5.60 Å². The van der Waals surface area contributed by atoms with E-state index in [2.05, 4.69) is 0 Å². The van der Waals surface area contributed by atoms with Crippen LogP contribution in [0.5, 0.6) is 0 Å². The van der Waals surface area contributed by atoms with Crippen molar-refractivity contribution in [3.8, 4) is 0 Å². The Kier molecular flexibility index (Phi) is 5.14. The monoisotopic (exact) mass is 259 g/mol. The molecule has 0 aromatic heterocycles. The molecular formula is C13H22FNO3. The number of carbonyl (C=O) groups is 1. The Bertz CT molecular complexity index is 324. The zero-order valence-electron chi connectivity index (χ0n) is 11.6. The zero-order chi connectivity index (χ0) is 13.8. The van der Waals surface area contributed by atoms with Gasteiger partial charge in [-0.1, -0.05) is 0 Å². The molecule has 0 bridgehead atoms. The molecule has 0 aromatic carbocycles. The van der Waals surface area contributed by atoms with Crippen molar-refractivity contribution in [2.75, 3.05) is 26.8 Å². The van der Waals surface area contributed by atoms with Crippen molar-refractivity contribution in [2.45, 2.75) is 39.2 Å². The predicted octanol–water partition coefficient (Wildman–Crippen LogP) is 2.89. The summed E-state index contributed by atoms with van der Waals surface area (Å²) in [7, 11) is 1.47. The molecule has 5 heteroatoms. The van der Waals surface area contributed by atoms with Crippen LogP contribution in [0.15, 0.2) is 11.4 Å². The summed E-state index contributed by atoms with van der Waals surface area (Å²) in [4.78, 5) is 13.4. The van der Waals surface area contributed by atoms with Gasteiger partial charge in [-0.25, -0.2) is 9.18 Å². The average Bonchev–Trinajstić information content (AvgIpc) is 2.27. The lowest BCUT2D eigenvalue weighted by Gasteiger charge is -2.31. The Labute approximate surface area is 108 Å². The highest BCUT2D eigenvalue weighted by molar-refractivity contribution is 5.68. The highest BCUT2D eigenvalue weighted by Gasteiger charge is 2.25. The summed E-state index contributed by atoms with van der Waals surface area (Å²) in [5.41, 5.74) is 0.255. The van der Waals surface area contributed by atoms with Gasteiger partial charge in [-0.3, -0.25) is 0 Å². The van der Waals surface area contributed by atoms with Crippen LogP contribution in [0.1, 0.15) is 33.6 Å². The molecule has 1 aliphatic heterocycles. The molecular weight excluding hydrogens is 237 g/mol. The molecule has 4 nitrogen and oxygen atoms in total. The molecule has 1 fully saturated rings. The van der Waals surface area contributed by atoms with Crippen LogP contribution in [0.3, 0.4) is 0 Å². The molecule has 0 unspecified atom stereocenters. The average molecular weight is 259 g/mol.